The Balaban J connectivity index is 2.16. The van der Waals surface area contributed by atoms with E-state index in [1.165, 1.54) is 18.2 Å². The number of hydrogen-bond acceptors (Lipinski definition) is 5. The summed E-state index contributed by atoms with van der Waals surface area (Å²) in [7, 11) is -3.95. The van der Waals surface area contributed by atoms with E-state index in [-0.39, 0.29) is 23.1 Å². The minimum Gasteiger partial charge on any atom is -0.505 e. The summed E-state index contributed by atoms with van der Waals surface area (Å²) in [6, 6.07) is 4.02. The molecule has 110 valence electrons. The van der Waals surface area contributed by atoms with Crippen LogP contribution in [0.25, 0.3) is 0 Å². The minimum absolute atomic E-state index is 0.0515. The third-order valence-corrected chi connectivity index (χ3v) is 4.56. The first kappa shape index (κ1) is 14.9. The molecule has 1 aliphatic rings. The molecule has 1 atom stereocenters. The standard InChI is InChI=1S/C11H13ClN2O5S/c1-11(6-19-10(16)14-11)5-13-20(17,18)8-4-2-3-7(12)9(8)15/h2-4,13,15H,5-6H2,1H3,(H,14,16). The zero-order valence-electron chi connectivity index (χ0n) is 10.5. The number of phenolic OH excluding ortho intramolecular Hbond substituents is 1. The van der Waals surface area contributed by atoms with E-state index in [9.17, 15) is 18.3 Å². The number of para-hydroxylation sites is 1. The summed E-state index contributed by atoms with van der Waals surface area (Å²) >= 11 is 5.67. The summed E-state index contributed by atoms with van der Waals surface area (Å²) in [5, 5.41) is 12.1. The number of carbonyl (C=O) groups is 1. The van der Waals surface area contributed by atoms with Crippen molar-refractivity contribution in [3.8, 4) is 5.75 Å². The molecule has 0 saturated carbocycles. The van der Waals surface area contributed by atoms with Crippen LogP contribution >= 0.6 is 11.6 Å². The van der Waals surface area contributed by atoms with Crippen molar-refractivity contribution in [3.05, 3.63) is 23.2 Å². The molecule has 20 heavy (non-hydrogen) atoms. The molecule has 0 aromatic heterocycles. The average molecular weight is 321 g/mol. The van der Waals surface area contributed by atoms with Gasteiger partial charge in [0.1, 0.15) is 11.5 Å². The molecule has 0 aliphatic carbocycles. The van der Waals surface area contributed by atoms with Crippen LogP contribution < -0.4 is 10.0 Å². The number of nitrogens with one attached hydrogen (secondary N) is 2. The Morgan fingerprint density at radius 1 is 1.55 bits per heavy atom. The van der Waals surface area contributed by atoms with Gasteiger partial charge in [-0.3, -0.25) is 0 Å². The largest absolute Gasteiger partial charge is 0.505 e. The second kappa shape index (κ2) is 5.12. The average Bonchev–Trinajstić information content (AvgIpc) is 2.71. The molecule has 3 N–H and O–H groups in total. The van der Waals surface area contributed by atoms with Gasteiger partial charge in [-0.25, -0.2) is 17.9 Å². The van der Waals surface area contributed by atoms with E-state index < -0.39 is 27.4 Å². The van der Waals surface area contributed by atoms with Crippen LogP contribution in [0.3, 0.4) is 0 Å². The second-order valence-electron chi connectivity index (χ2n) is 4.67. The number of amides is 1. The molecule has 1 fully saturated rings. The summed E-state index contributed by atoms with van der Waals surface area (Å²) in [6.07, 6.45) is -0.600. The molecule has 1 saturated heterocycles. The fraction of sp³-hybridized carbons (Fsp3) is 0.364. The first-order valence-corrected chi connectivity index (χ1v) is 7.52. The van der Waals surface area contributed by atoms with Crippen molar-refractivity contribution in [1.29, 1.82) is 0 Å². The molecule has 1 aliphatic heterocycles. The smallest absolute Gasteiger partial charge is 0.407 e. The van der Waals surface area contributed by atoms with Crippen molar-refractivity contribution in [2.24, 2.45) is 0 Å². The number of sulfonamides is 1. The lowest BCUT2D eigenvalue weighted by molar-refractivity contribution is 0.173. The number of cyclic esters (lactones) is 1. The van der Waals surface area contributed by atoms with E-state index in [4.69, 9.17) is 16.3 Å². The number of aromatic hydroxyl groups is 1. The summed E-state index contributed by atoms with van der Waals surface area (Å²) in [6.45, 7) is 1.61. The van der Waals surface area contributed by atoms with Crippen molar-refractivity contribution in [2.75, 3.05) is 13.2 Å². The Labute approximate surface area is 120 Å². The zero-order valence-corrected chi connectivity index (χ0v) is 12.1. The third kappa shape index (κ3) is 2.97. The van der Waals surface area contributed by atoms with E-state index in [1.54, 1.807) is 6.92 Å². The predicted octanol–water partition coefficient (Wildman–Crippen LogP) is 0.822. The Morgan fingerprint density at radius 3 is 2.85 bits per heavy atom. The van der Waals surface area contributed by atoms with Crippen molar-refractivity contribution in [2.45, 2.75) is 17.4 Å². The molecule has 9 heteroatoms. The number of alkyl carbamates (subject to hydrolysis) is 1. The molecule has 0 radical (unpaired) electrons. The predicted molar refractivity (Wildman–Crippen MR) is 71.2 cm³/mol. The van der Waals surface area contributed by atoms with Crippen LogP contribution in [0.15, 0.2) is 23.1 Å². The van der Waals surface area contributed by atoms with Gasteiger partial charge in [0.2, 0.25) is 10.0 Å². The molecular weight excluding hydrogens is 308 g/mol. The lowest BCUT2D eigenvalue weighted by atomic mass is 10.1. The highest BCUT2D eigenvalue weighted by molar-refractivity contribution is 7.89. The number of ether oxygens (including phenoxy) is 1. The Morgan fingerprint density at radius 2 is 2.25 bits per heavy atom. The normalized spacial score (nSPS) is 22.4. The highest BCUT2D eigenvalue weighted by Gasteiger charge is 2.36. The minimum atomic E-state index is -3.95. The first-order valence-electron chi connectivity index (χ1n) is 5.66. The molecule has 1 amide bonds. The van der Waals surface area contributed by atoms with Gasteiger partial charge in [-0.2, -0.15) is 0 Å². The molecule has 1 aromatic carbocycles. The van der Waals surface area contributed by atoms with Gasteiger partial charge in [-0.05, 0) is 19.1 Å². The van der Waals surface area contributed by atoms with Crippen LogP contribution in [0.5, 0.6) is 5.75 Å². The summed E-state index contributed by atoms with van der Waals surface area (Å²) < 4.78 is 31.2. The summed E-state index contributed by atoms with van der Waals surface area (Å²) in [5.74, 6) is -0.515. The molecule has 1 heterocycles. The number of benzene rings is 1. The lowest BCUT2D eigenvalue weighted by Gasteiger charge is -2.21. The van der Waals surface area contributed by atoms with Gasteiger partial charge in [0.25, 0.3) is 0 Å². The summed E-state index contributed by atoms with van der Waals surface area (Å²) in [4.78, 5) is 10.7. The highest BCUT2D eigenvalue weighted by atomic mass is 35.5. The maximum absolute atomic E-state index is 12.1. The van der Waals surface area contributed by atoms with Gasteiger partial charge in [0.05, 0.1) is 10.6 Å². The molecule has 7 nitrogen and oxygen atoms in total. The van der Waals surface area contributed by atoms with Crippen LogP contribution in [-0.2, 0) is 14.8 Å². The van der Waals surface area contributed by atoms with Gasteiger partial charge < -0.3 is 15.2 Å². The van der Waals surface area contributed by atoms with Gasteiger partial charge in [-0.1, -0.05) is 17.7 Å². The Hall–Kier alpha value is -1.51. The monoisotopic (exact) mass is 320 g/mol. The van der Waals surface area contributed by atoms with Gasteiger partial charge >= 0.3 is 6.09 Å². The van der Waals surface area contributed by atoms with E-state index in [0.717, 1.165) is 0 Å². The van der Waals surface area contributed by atoms with Crippen molar-refractivity contribution in [1.82, 2.24) is 10.0 Å². The molecule has 2 rings (SSSR count). The topological polar surface area (TPSA) is 105 Å². The number of carbonyl (C=O) groups excluding carboxylic acids is 1. The fourth-order valence-corrected chi connectivity index (χ4v) is 3.20. The van der Waals surface area contributed by atoms with Crippen LogP contribution in [0.2, 0.25) is 5.02 Å². The van der Waals surface area contributed by atoms with Crippen LogP contribution in [0, 0.1) is 0 Å². The number of hydrogen-bond donors (Lipinski definition) is 3. The molecular formula is C11H13ClN2O5S. The first-order chi connectivity index (χ1) is 9.23. The molecule has 0 bridgehead atoms. The van der Waals surface area contributed by atoms with Crippen LogP contribution in [0.4, 0.5) is 4.79 Å². The quantitative estimate of drug-likeness (QED) is 0.762. The Bertz CT molecular complexity index is 648. The van der Waals surface area contributed by atoms with Crippen molar-refractivity contribution < 1.29 is 23.1 Å². The fourth-order valence-electron chi connectivity index (χ4n) is 1.68. The zero-order chi connectivity index (χ0) is 15.0. The van der Waals surface area contributed by atoms with Crippen molar-refractivity contribution in [3.63, 3.8) is 0 Å². The maximum Gasteiger partial charge on any atom is 0.407 e. The molecule has 1 aromatic rings. The van der Waals surface area contributed by atoms with Gasteiger partial charge in [0.15, 0.2) is 5.75 Å². The number of halogens is 1. The highest BCUT2D eigenvalue weighted by Crippen LogP contribution is 2.30. The molecule has 0 spiro atoms. The van der Waals surface area contributed by atoms with Gasteiger partial charge in [-0.15, -0.1) is 0 Å². The van der Waals surface area contributed by atoms with E-state index >= 15 is 0 Å². The third-order valence-electron chi connectivity index (χ3n) is 2.82. The SMILES string of the molecule is CC1(CNS(=O)(=O)c2cccc(Cl)c2O)COC(=O)N1. The van der Waals surface area contributed by atoms with E-state index in [0.29, 0.717) is 0 Å². The van der Waals surface area contributed by atoms with Crippen LogP contribution in [0.1, 0.15) is 6.92 Å². The second-order valence-corrected chi connectivity index (χ2v) is 6.82. The van der Waals surface area contributed by atoms with E-state index in [2.05, 4.69) is 10.0 Å². The van der Waals surface area contributed by atoms with E-state index in [1.807, 2.05) is 0 Å². The van der Waals surface area contributed by atoms with Gasteiger partial charge in [0, 0.05) is 6.54 Å². The maximum atomic E-state index is 12.1. The van der Waals surface area contributed by atoms with Crippen molar-refractivity contribution >= 4 is 27.7 Å². The van der Waals surface area contributed by atoms with Crippen LogP contribution in [-0.4, -0.2) is 38.3 Å². The Kier molecular flexibility index (Phi) is 3.81. The lowest BCUT2D eigenvalue weighted by Crippen LogP contribution is -2.50. The summed E-state index contributed by atoms with van der Waals surface area (Å²) in [5.41, 5.74) is -0.835. The number of rotatable bonds is 4. The number of phenols is 1. The molecule has 1 unspecified atom stereocenters.